The summed E-state index contributed by atoms with van der Waals surface area (Å²) >= 11 is 0. The highest BCUT2D eigenvalue weighted by Crippen LogP contribution is 2.14. The normalized spacial score (nSPS) is 12.6. The molecular weight excluding hydrogens is 645 g/mol. The van der Waals surface area contributed by atoms with Gasteiger partial charge in [-0.3, -0.25) is 9.59 Å². The highest BCUT2D eigenvalue weighted by Gasteiger charge is 2.12. The second-order valence-corrected chi connectivity index (χ2v) is 14.8. The first-order valence-corrected chi connectivity index (χ1v) is 22.2. The Morgan fingerprint density at radius 1 is 0.404 bits per heavy atom. The van der Waals surface area contributed by atoms with Gasteiger partial charge in [-0.25, -0.2) is 0 Å². The predicted octanol–water partition coefficient (Wildman–Crippen LogP) is 14.2. The van der Waals surface area contributed by atoms with Crippen molar-refractivity contribution in [3.63, 3.8) is 0 Å². The quantitative estimate of drug-likeness (QED) is 0.0386. The number of hydrogen-bond donors (Lipinski definition) is 1. The summed E-state index contributed by atoms with van der Waals surface area (Å²) in [5, 5.41) is 10.0. The van der Waals surface area contributed by atoms with Crippen LogP contribution < -0.4 is 0 Å². The molecule has 5 nitrogen and oxygen atoms in total. The van der Waals surface area contributed by atoms with Crippen LogP contribution in [-0.2, 0) is 19.1 Å². The van der Waals surface area contributed by atoms with Crippen molar-refractivity contribution in [1.29, 1.82) is 0 Å². The summed E-state index contributed by atoms with van der Waals surface area (Å²) in [6, 6.07) is 0. The molecule has 0 spiro atoms. The van der Waals surface area contributed by atoms with Gasteiger partial charge < -0.3 is 14.6 Å². The van der Waals surface area contributed by atoms with Crippen LogP contribution in [0, 0.1) is 0 Å². The van der Waals surface area contributed by atoms with Crippen LogP contribution in [0.3, 0.4) is 0 Å². The van der Waals surface area contributed by atoms with Gasteiger partial charge in [0.05, 0.1) is 0 Å². The van der Waals surface area contributed by atoms with E-state index in [2.05, 4.69) is 62.5 Å². The lowest BCUT2D eigenvalue weighted by Crippen LogP contribution is -2.25. The summed E-state index contributed by atoms with van der Waals surface area (Å²) in [6.45, 7) is 4.26. The number of hydrogen-bond acceptors (Lipinski definition) is 5. The molecule has 52 heavy (non-hydrogen) atoms. The minimum atomic E-state index is -0.985. The number of aliphatic hydroxyl groups is 1. The number of carbonyl (C=O) groups is 2. The molecule has 0 rings (SSSR count). The van der Waals surface area contributed by atoms with E-state index in [-0.39, 0.29) is 25.2 Å². The molecule has 0 aromatic heterocycles. The Morgan fingerprint density at radius 3 is 1.10 bits per heavy atom. The van der Waals surface area contributed by atoms with E-state index >= 15 is 0 Å². The van der Waals surface area contributed by atoms with Gasteiger partial charge in [0, 0.05) is 12.8 Å². The molecule has 0 aliphatic heterocycles. The Labute approximate surface area is 322 Å². The van der Waals surface area contributed by atoms with Crippen LogP contribution in [0.5, 0.6) is 0 Å². The molecule has 0 saturated carbocycles. The van der Waals surface area contributed by atoms with Crippen LogP contribution in [0.4, 0.5) is 0 Å². The zero-order chi connectivity index (χ0) is 37.8. The molecule has 5 heteroatoms. The fourth-order valence-electron chi connectivity index (χ4n) is 6.16. The van der Waals surface area contributed by atoms with E-state index in [0.717, 1.165) is 38.5 Å². The van der Waals surface area contributed by atoms with E-state index < -0.39 is 6.10 Å². The summed E-state index contributed by atoms with van der Waals surface area (Å²) in [6.07, 6.45) is 54.7. The lowest BCUT2D eigenvalue weighted by Gasteiger charge is -2.12. The molecule has 0 aliphatic rings. The largest absolute Gasteiger partial charge is 0.463 e. The Hall–Kier alpha value is -2.14. The number of ether oxygens (including phenoxy) is 2. The first-order valence-electron chi connectivity index (χ1n) is 22.2. The minimum Gasteiger partial charge on any atom is -0.463 e. The van der Waals surface area contributed by atoms with Crippen LogP contribution in [0.15, 0.2) is 48.6 Å². The third-order valence-electron chi connectivity index (χ3n) is 9.54. The van der Waals surface area contributed by atoms with Crippen LogP contribution in [0.1, 0.15) is 219 Å². The Bertz CT molecular complexity index is 873. The summed E-state index contributed by atoms with van der Waals surface area (Å²) in [5.74, 6) is -0.621. The summed E-state index contributed by atoms with van der Waals surface area (Å²) in [4.78, 5) is 24.0. The lowest BCUT2D eigenvalue weighted by atomic mass is 10.0. The van der Waals surface area contributed by atoms with Crippen molar-refractivity contribution < 1.29 is 24.2 Å². The molecule has 0 fully saturated rings. The van der Waals surface area contributed by atoms with E-state index in [1.807, 2.05) is 0 Å². The topological polar surface area (TPSA) is 72.8 Å². The first kappa shape index (κ1) is 49.9. The van der Waals surface area contributed by atoms with Gasteiger partial charge in [0.2, 0.25) is 0 Å². The molecule has 1 N–H and O–H groups in total. The number of aliphatic hydroxyl groups excluding tert-OH is 1. The van der Waals surface area contributed by atoms with Crippen molar-refractivity contribution in [2.45, 2.75) is 225 Å². The van der Waals surface area contributed by atoms with Crippen LogP contribution >= 0.6 is 0 Å². The Kier molecular flexibility index (Phi) is 41.5. The van der Waals surface area contributed by atoms with Gasteiger partial charge >= 0.3 is 11.9 Å². The van der Waals surface area contributed by atoms with Crippen molar-refractivity contribution in [3.8, 4) is 0 Å². The van der Waals surface area contributed by atoms with Gasteiger partial charge in [-0.05, 0) is 70.6 Å². The van der Waals surface area contributed by atoms with Crippen molar-refractivity contribution in [2.75, 3.05) is 13.2 Å². The van der Waals surface area contributed by atoms with Gasteiger partial charge in [-0.1, -0.05) is 184 Å². The molecule has 302 valence electrons. The monoisotopic (exact) mass is 729 g/mol. The number of rotatable bonds is 40. The molecule has 0 radical (unpaired) electrons. The smallest absolute Gasteiger partial charge is 0.305 e. The van der Waals surface area contributed by atoms with E-state index in [1.165, 1.54) is 148 Å². The van der Waals surface area contributed by atoms with Gasteiger partial charge in [-0.15, -0.1) is 0 Å². The number of esters is 2. The van der Waals surface area contributed by atoms with E-state index in [9.17, 15) is 14.7 Å². The van der Waals surface area contributed by atoms with E-state index in [0.29, 0.717) is 19.3 Å². The molecule has 0 aromatic carbocycles. The fraction of sp³-hybridized carbons (Fsp3) is 0.787. The number of carbonyl (C=O) groups excluding carboxylic acids is 2. The molecule has 0 aliphatic carbocycles. The van der Waals surface area contributed by atoms with Crippen LogP contribution in [0.25, 0.3) is 0 Å². The maximum absolute atomic E-state index is 12.0. The van der Waals surface area contributed by atoms with Crippen molar-refractivity contribution in [2.24, 2.45) is 0 Å². The number of allylic oxidation sites excluding steroid dienone is 8. The zero-order valence-electron chi connectivity index (χ0n) is 34.3. The van der Waals surface area contributed by atoms with Crippen LogP contribution in [-0.4, -0.2) is 36.4 Å². The third-order valence-corrected chi connectivity index (χ3v) is 9.54. The summed E-state index contributed by atoms with van der Waals surface area (Å²) in [5.41, 5.74) is 0. The third kappa shape index (κ3) is 42.3. The zero-order valence-corrected chi connectivity index (χ0v) is 34.3. The van der Waals surface area contributed by atoms with E-state index in [4.69, 9.17) is 9.47 Å². The van der Waals surface area contributed by atoms with Crippen molar-refractivity contribution in [1.82, 2.24) is 0 Å². The first-order chi connectivity index (χ1) is 25.6. The SMILES string of the molecule is CCCCCCCC/C=C\C/C=C\C/C=C\CCCC(=O)OC[C@@H](O)COC(=O)CCCCCCCCCCCCC/C=C\CCCCCCCC. The second-order valence-electron chi connectivity index (χ2n) is 14.8. The van der Waals surface area contributed by atoms with Gasteiger partial charge in [0.25, 0.3) is 0 Å². The lowest BCUT2D eigenvalue weighted by molar-refractivity contribution is -0.152. The maximum Gasteiger partial charge on any atom is 0.305 e. The second kappa shape index (κ2) is 43.3. The predicted molar refractivity (Wildman–Crippen MR) is 224 cm³/mol. The summed E-state index contributed by atoms with van der Waals surface area (Å²) in [7, 11) is 0. The molecule has 0 bridgehead atoms. The van der Waals surface area contributed by atoms with Crippen molar-refractivity contribution >= 4 is 11.9 Å². The molecule has 0 saturated heterocycles. The molecule has 0 unspecified atom stereocenters. The van der Waals surface area contributed by atoms with Crippen LogP contribution in [0.2, 0.25) is 0 Å². The highest BCUT2D eigenvalue weighted by atomic mass is 16.6. The van der Waals surface area contributed by atoms with Crippen molar-refractivity contribution in [3.05, 3.63) is 48.6 Å². The molecule has 1 atom stereocenters. The van der Waals surface area contributed by atoms with Gasteiger partial charge in [0.15, 0.2) is 0 Å². The molecule has 0 heterocycles. The minimum absolute atomic E-state index is 0.132. The average molecular weight is 729 g/mol. The fourth-order valence-corrected chi connectivity index (χ4v) is 6.16. The Morgan fingerprint density at radius 2 is 0.692 bits per heavy atom. The standard InChI is InChI=1S/C47H84O5/c1-3-5-7-9-11-13-15-17-19-21-22-23-24-26-28-30-32-34-36-38-40-42-47(50)52-44-45(48)43-51-46(49)41-39-37-35-33-31-29-27-25-20-18-16-14-12-10-8-6-4-2/h17-20,27,29,33,35,45,48H,3-16,21-26,28,30-32,34,36-44H2,1-2H3/b19-17-,20-18-,29-27-,35-33-/t45-/m1/s1. The number of unbranched alkanes of at least 4 members (excludes halogenated alkanes) is 24. The van der Waals surface area contributed by atoms with Gasteiger partial charge in [-0.2, -0.15) is 0 Å². The molecule has 0 amide bonds. The Balaban J connectivity index is 3.48. The highest BCUT2D eigenvalue weighted by molar-refractivity contribution is 5.69. The maximum atomic E-state index is 12.0. The van der Waals surface area contributed by atoms with E-state index in [1.54, 1.807) is 0 Å². The van der Waals surface area contributed by atoms with Gasteiger partial charge in [0.1, 0.15) is 19.3 Å². The summed E-state index contributed by atoms with van der Waals surface area (Å²) < 4.78 is 10.3. The molecular formula is C47H84O5. The average Bonchev–Trinajstić information content (AvgIpc) is 3.15. The molecule has 0 aromatic rings.